The summed E-state index contributed by atoms with van der Waals surface area (Å²) in [5.74, 6) is 1.06. The first-order valence-corrected chi connectivity index (χ1v) is 7.32. The monoisotopic (exact) mass is 276 g/mol. The van der Waals surface area contributed by atoms with Crippen LogP contribution in [0.2, 0.25) is 0 Å². The fourth-order valence-corrected chi connectivity index (χ4v) is 2.77. The summed E-state index contributed by atoms with van der Waals surface area (Å²) in [6, 6.07) is 3.92. The number of nitrogens with zero attached hydrogens (tertiary/aromatic N) is 1. The number of piperazine rings is 1. The van der Waals surface area contributed by atoms with Crippen LogP contribution in [0.1, 0.15) is 28.4 Å². The Hall–Kier alpha value is -1.39. The first-order valence-electron chi connectivity index (χ1n) is 7.32. The van der Waals surface area contributed by atoms with Gasteiger partial charge in [0.05, 0.1) is 13.2 Å². The molecule has 20 heavy (non-hydrogen) atoms. The molecule has 1 saturated heterocycles. The van der Waals surface area contributed by atoms with E-state index < -0.39 is 0 Å². The molecule has 4 nitrogen and oxygen atoms in total. The lowest BCUT2D eigenvalue weighted by molar-refractivity contribution is 0.0920. The zero-order chi connectivity index (χ0) is 14.5. The SMILES string of the molecule is CCOc1cc(C)c(C(=O)CN2CCNCC2)c(C)c1. The number of rotatable bonds is 5. The van der Waals surface area contributed by atoms with Crippen LogP contribution >= 0.6 is 0 Å². The average Bonchev–Trinajstić information content (AvgIpc) is 2.39. The van der Waals surface area contributed by atoms with E-state index in [0.717, 1.165) is 48.6 Å². The normalized spacial score (nSPS) is 16.1. The van der Waals surface area contributed by atoms with Crippen molar-refractivity contribution in [3.05, 3.63) is 28.8 Å². The van der Waals surface area contributed by atoms with E-state index in [2.05, 4.69) is 10.2 Å². The number of ketones is 1. The zero-order valence-corrected chi connectivity index (χ0v) is 12.7. The maximum atomic E-state index is 12.5. The summed E-state index contributed by atoms with van der Waals surface area (Å²) in [5.41, 5.74) is 2.87. The Bertz CT molecular complexity index is 456. The van der Waals surface area contributed by atoms with E-state index in [1.165, 1.54) is 0 Å². The van der Waals surface area contributed by atoms with Crippen molar-refractivity contribution in [2.45, 2.75) is 20.8 Å². The third kappa shape index (κ3) is 3.58. The summed E-state index contributed by atoms with van der Waals surface area (Å²) in [4.78, 5) is 14.7. The van der Waals surface area contributed by atoms with Gasteiger partial charge in [-0.2, -0.15) is 0 Å². The molecule has 0 aliphatic carbocycles. The molecule has 1 aromatic rings. The van der Waals surface area contributed by atoms with Crippen LogP contribution in [-0.2, 0) is 0 Å². The summed E-state index contributed by atoms with van der Waals surface area (Å²) < 4.78 is 5.52. The lowest BCUT2D eigenvalue weighted by Crippen LogP contribution is -2.45. The Morgan fingerprint density at radius 1 is 1.25 bits per heavy atom. The molecule has 4 heteroatoms. The van der Waals surface area contributed by atoms with E-state index in [9.17, 15) is 4.79 Å². The standard InChI is InChI=1S/C16H24N2O2/c1-4-20-14-9-12(2)16(13(3)10-14)15(19)11-18-7-5-17-6-8-18/h9-10,17H,4-8,11H2,1-3H3. The van der Waals surface area contributed by atoms with E-state index in [1.807, 2.05) is 32.9 Å². The number of carbonyl (C=O) groups is 1. The van der Waals surface area contributed by atoms with Crippen molar-refractivity contribution in [2.75, 3.05) is 39.3 Å². The molecule has 0 radical (unpaired) electrons. The van der Waals surface area contributed by atoms with Crippen LogP contribution in [0.4, 0.5) is 0 Å². The predicted molar refractivity (Wildman–Crippen MR) is 80.7 cm³/mol. The molecule has 1 N–H and O–H groups in total. The molecule has 0 bridgehead atoms. The summed E-state index contributed by atoms with van der Waals surface area (Å²) in [6.45, 7) is 10.9. The second-order valence-corrected chi connectivity index (χ2v) is 5.31. The summed E-state index contributed by atoms with van der Waals surface area (Å²) in [7, 11) is 0. The van der Waals surface area contributed by atoms with Gasteiger partial charge in [-0.15, -0.1) is 0 Å². The number of benzene rings is 1. The smallest absolute Gasteiger partial charge is 0.177 e. The quantitative estimate of drug-likeness (QED) is 0.833. The zero-order valence-electron chi connectivity index (χ0n) is 12.7. The highest BCUT2D eigenvalue weighted by Crippen LogP contribution is 2.22. The molecule has 0 unspecified atom stereocenters. The van der Waals surface area contributed by atoms with Crippen LogP contribution in [0.3, 0.4) is 0 Å². The molecule has 0 aromatic heterocycles. The Labute approximate surface area is 121 Å². The predicted octanol–water partition coefficient (Wildman–Crippen LogP) is 1.79. The van der Waals surface area contributed by atoms with Gasteiger partial charge in [-0.1, -0.05) is 0 Å². The van der Waals surface area contributed by atoms with Gasteiger partial charge in [0.15, 0.2) is 5.78 Å². The van der Waals surface area contributed by atoms with Gasteiger partial charge in [-0.3, -0.25) is 9.69 Å². The molecule has 1 aromatic carbocycles. The minimum Gasteiger partial charge on any atom is -0.494 e. The van der Waals surface area contributed by atoms with Crippen molar-refractivity contribution < 1.29 is 9.53 Å². The Morgan fingerprint density at radius 2 is 1.85 bits per heavy atom. The van der Waals surface area contributed by atoms with Crippen molar-refractivity contribution in [1.82, 2.24) is 10.2 Å². The largest absolute Gasteiger partial charge is 0.494 e. The number of nitrogens with one attached hydrogen (secondary N) is 1. The molecule has 1 heterocycles. The van der Waals surface area contributed by atoms with E-state index in [4.69, 9.17) is 4.74 Å². The molecule has 0 atom stereocenters. The first-order chi connectivity index (χ1) is 9.61. The number of Topliss-reactive ketones (excluding diaryl/α,β-unsaturated/α-hetero) is 1. The second kappa shape index (κ2) is 6.86. The van der Waals surface area contributed by atoms with Gasteiger partial charge in [-0.05, 0) is 44.0 Å². The third-order valence-corrected chi connectivity index (χ3v) is 3.67. The Morgan fingerprint density at radius 3 is 2.40 bits per heavy atom. The lowest BCUT2D eigenvalue weighted by Gasteiger charge is -2.26. The molecule has 0 saturated carbocycles. The topological polar surface area (TPSA) is 41.6 Å². The van der Waals surface area contributed by atoms with Gasteiger partial charge in [0.1, 0.15) is 5.75 Å². The van der Waals surface area contributed by atoms with Crippen LogP contribution in [0.5, 0.6) is 5.75 Å². The summed E-state index contributed by atoms with van der Waals surface area (Å²) >= 11 is 0. The number of aryl methyl sites for hydroxylation is 2. The molecule has 0 spiro atoms. The maximum Gasteiger partial charge on any atom is 0.177 e. The van der Waals surface area contributed by atoms with Gasteiger partial charge in [0.25, 0.3) is 0 Å². The fraction of sp³-hybridized carbons (Fsp3) is 0.562. The average molecular weight is 276 g/mol. The van der Waals surface area contributed by atoms with Crippen molar-refractivity contribution in [3.63, 3.8) is 0 Å². The van der Waals surface area contributed by atoms with E-state index in [-0.39, 0.29) is 5.78 Å². The Balaban J connectivity index is 2.12. The van der Waals surface area contributed by atoms with E-state index in [1.54, 1.807) is 0 Å². The van der Waals surface area contributed by atoms with Crippen molar-refractivity contribution in [1.29, 1.82) is 0 Å². The third-order valence-electron chi connectivity index (χ3n) is 3.67. The molecule has 2 rings (SSSR count). The molecule has 110 valence electrons. The van der Waals surface area contributed by atoms with Gasteiger partial charge in [-0.25, -0.2) is 0 Å². The van der Waals surface area contributed by atoms with Crippen LogP contribution < -0.4 is 10.1 Å². The van der Waals surface area contributed by atoms with Crippen LogP contribution in [0, 0.1) is 13.8 Å². The minimum atomic E-state index is 0.213. The fourth-order valence-electron chi connectivity index (χ4n) is 2.77. The van der Waals surface area contributed by atoms with Crippen molar-refractivity contribution in [2.24, 2.45) is 0 Å². The molecule has 1 aliphatic heterocycles. The second-order valence-electron chi connectivity index (χ2n) is 5.31. The number of ether oxygens (including phenoxy) is 1. The molecule has 1 fully saturated rings. The van der Waals surface area contributed by atoms with Gasteiger partial charge < -0.3 is 10.1 Å². The van der Waals surface area contributed by atoms with E-state index in [0.29, 0.717) is 13.2 Å². The van der Waals surface area contributed by atoms with Gasteiger partial charge >= 0.3 is 0 Å². The first kappa shape index (κ1) is 15.0. The highest BCUT2D eigenvalue weighted by molar-refractivity contribution is 6.00. The van der Waals surface area contributed by atoms with E-state index >= 15 is 0 Å². The minimum absolute atomic E-state index is 0.213. The van der Waals surface area contributed by atoms with Gasteiger partial charge in [0.2, 0.25) is 0 Å². The number of hydrogen-bond acceptors (Lipinski definition) is 4. The summed E-state index contributed by atoms with van der Waals surface area (Å²) in [5, 5.41) is 3.30. The van der Waals surface area contributed by atoms with Crippen LogP contribution in [0.15, 0.2) is 12.1 Å². The highest BCUT2D eigenvalue weighted by Gasteiger charge is 2.18. The molecule has 1 aliphatic rings. The van der Waals surface area contributed by atoms with Crippen molar-refractivity contribution >= 4 is 5.78 Å². The molecular weight excluding hydrogens is 252 g/mol. The molecular formula is C16H24N2O2. The lowest BCUT2D eigenvalue weighted by atomic mass is 9.98. The van der Waals surface area contributed by atoms with Crippen LogP contribution in [-0.4, -0.2) is 50.0 Å². The maximum absolute atomic E-state index is 12.5. The number of carbonyl (C=O) groups excluding carboxylic acids is 1. The number of hydrogen-bond donors (Lipinski definition) is 1. The van der Waals surface area contributed by atoms with Crippen molar-refractivity contribution in [3.8, 4) is 5.75 Å². The highest BCUT2D eigenvalue weighted by atomic mass is 16.5. The molecule has 0 amide bonds. The Kier molecular flexibility index (Phi) is 5.15. The van der Waals surface area contributed by atoms with Crippen LogP contribution in [0.25, 0.3) is 0 Å². The summed E-state index contributed by atoms with van der Waals surface area (Å²) in [6.07, 6.45) is 0. The van der Waals surface area contributed by atoms with Gasteiger partial charge in [0, 0.05) is 31.7 Å².